The standard InChI is InChI=1S/C8H10ClNO2.ClH/c9-7-3-2-6(12-7)8-10-4-1-5-11-8;/h2-3,8,10H,1,4-5H2;1H. The van der Waals surface area contributed by atoms with Crippen LogP contribution in [0.5, 0.6) is 0 Å². The van der Waals surface area contributed by atoms with Gasteiger partial charge in [0.1, 0.15) is 5.76 Å². The number of hydrogen-bond acceptors (Lipinski definition) is 3. The molecule has 2 heterocycles. The minimum atomic E-state index is -0.119. The molecule has 5 heteroatoms. The van der Waals surface area contributed by atoms with Crippen molar-refractivity contribution in [2.75, 3.05) is 13.2 Å². The first-order valence-corrected chi connectivity index (χ1v) is 4.34. The van der Waals surface area contributed by atoms with Crippen LogP contribution in [0, 0.1) is 0 Å². The molecule has 0 spiro atoms. The average Bonchev–Trinajstić information content (AvgIpc) is 2.54. The van der Waals surface area contributed by atoms with Gasteiger partial charge in [0.05, 0.1) is 6.61 Å². The van der Waals surface area contributed by atoms with Gasteiger partial charge in [-0.1, -0.05) is 0 Å². The molecule has 2 rings (SSSR count). The Kier molecular flexibility index (Phi) is 4.06. The third-order valence-electron chi connectivity index (χ3n) is 1.79. The van der Waals surface area contributed by atoms with Gasteiger partial charge in [-0.05, 0) is 30.2 Å². The van der Waals surface area contributed by atoms with Crippen molar-refractivity contribution in [2.45, 2.75) is 12.6 Å². The van der Waals surface area contributed by atoms with Crippen LogP contribution in [0.1, 0.15) is 18.4 Å². The predicted molar refractivity (Wildman–Crippen MR) is 52.3 cm³/mol. The summed E-state index contributed by atoms with van der Waals surface area (Å²) >= 11 is 5.63. The fourth-order valence-electron chi connectivity index (χ4n) is 1.22. The molecule has 0 radical (unpaired) electrons. The van der Waals surface area contributed by atoms with E-state index in [9.17, 15) is 0 Å². The van der Waals surface area contributed by atoms with E-state index in [1.54, 1.807) is 6.07 Å². The molecule has 1 unspecified atom stereocenters. The van der Waals surface area contributed by atoms with Gasteiger partial charge < -0.3 is 9.15 Å². The number of ether oxygens (including phenoxy) is 1. The molecule has 1 aliphatic rings. The molecule has 0 bridgehead atoms. The van der Waals surface area contributed by atoms with Crippen molar-refractivity contribution < 1.29 is 9.15 Å². The molecule has 1 atom stereocenters. The van der Waals surface area contributed by atoms with Crippen molar-refractivity contribution in [3.63, 3.8) is 0 Å². The maximum absolute atomic E-state index is 5.63. The zero-order chi connectivity index (χ0) is 8.39. The zero-order valence-electron chi connectivity index (χ0n) is 6.96. The number of furan rings is 1. The summed E-state index contributed by atoms with van der Waals surface area (Å²) in [6.45, 7) is 1.74. The summed E-state index contributed by atoms with van der Waals surface area (Å²) in [5, 5.41) is 3.58. The van der Waals surface area contributed by atoms with Gasteiger partial charge in [0, 0.05) is 6.54 Å². The van der Waals surface area contributed by atoms with Crippen LogP contribution in [-0.4, -0.2) is 13.2 Å². The van der Waals surface area contributed by atoms with Crippen LogP contribution in [-0.2, 0) is 4.74 Å². The number of hydrogen-bond donors (Lipinski definition) is 1. The second kappa shape index (κ2) is 4.86. The van der Waals surface area contributed by atoms with Crippen molar-refractivity contribution in [3.8, 4) is 0 Å². The van der Waals surface area contributed by atoms with E-state index in [1.165, 1.54) is 0 Å². The predicted octanol–water partition coefficient (Wildman–Crippen LogP) is 2.36. The Morgan fingerprint density at radius 1 is 1.46 bits per heavy atom. The molecular weight excluding hydrogens is 213 g/mol. The Balaban J connectivity index is 0.000000845. The first-order chi connectivity index (χ1) is 5.86. The van der Waals surface area contributed by atoms with Gasteiger partial charge in [-0.2, -0.15) is 0 Å². The Bertz CT molecular complexity index is 258. The van der Waals surface area contributed by atoms with Crippen molar-refractivity contribution in [1.82, 2.24) is 5.32 Å². The highest BCUT2D eigenvalue weighted by Crippen LogP contribution is 2.22. The fourth-order valence-corrected chi connectivity index (χ4v) is 1.37. The molecule has 1 fully saturated rings. The number of halogens is 2. The molecule has 74 valence electrons. The first-order valence-electron chi connectivity index (χ1n) is 3.96. The van der Waals surface area contributed by atoms with Gasteiger partial charge in [-0.3, -0.25) is 5.32 Å². The molecule has 1 N–H and O–H groups in total. The van der Waals surface area contributed by atoms with Crippen molar-refractivity contribution in [2.24, 2.45) is 0 Å². The maximum Gasteiger partial charge on any atom is 0.193 e. The van der Waals surface area contributed by atoms with Crippen LogP contribution in [0.3, 0.4) is 0 Å². The topological polar surface area (TPSA) is 34.4 Å². The lowest BCUT2D eigenvalue weighted by molar-refractivity contribution is -0.0133. The maximum atomic E-state index is 5.63. The van der Waals surface area contributed by atoms with Crippen molar-refractivity contribution in [3.05, 3.63) is 23.1 Å². The van der Waals surface area contributed by atoms with E-state index >= 15 is 0 Å². The number of nitrogens with one attached hydrogen (secondary N) is 1. The Morgan fingerprint density at radius 3 is 2.85 bits per heavy atom. The van der Waals surface area contributed by atoms with E-state index < -0.39 is 0 Å². The van der Waals surface area contributed by atoms with E-state index in [0.717, 1.165) is 25.3 Å². The summed E-state index contributed by atoms with van der Waals surface area (Å²) in [6, 6.07) is 3.54. The Labute approximate surface area is 87.8 Å². The third-order valence-corrected chi connectivity index (χ3v) is 1.99. The highest BCUT2D eigenvalue weighted by molar-refractivity contribution is 6.28. The molecule has 1 aromatic heterocycles. The summed E-state index contributed by atoms with van der Waals surface area (Å²) in [4.78, 5) is 0. The van der Waals surface area contributed by atoms with Gasteiger partial charge >= 0.3 is 0 Å². The Hall–Kier alpha value is -0.220. The van der Waals surface area contributed by atoms with Crippen LogP contribution < -0.4 is 5.32 Å². The molecule has 1 saturated heterocycles. The van der Waals surface area contributed by atoms with E-state index in [0.29, 0.717) is 5.22 Å². The third kappa shape index (κ3) is 2.61. The van der Waals surface area contributed by atoms with Crippen LogP contribution in [0.4, 0.5) is 0 Å². The largest absolute Gasteiger partial charge is 0.445 e. The molecule has 1 aromatic rings. The zero-order valence-corrected chi connectivity index (χ0v) is 8.53. The second-order valence-electron chi connectivity index (χ2n) is 2.70. The van der Waals surface area contributed by atoms with E-state index in [-0.39, 0.29) is 18.6 Å². The Morgan fingerprint density at radius 2 is 2.31 bits per heavy atom. The SMILES string of the molecule is Cl.Clc1ccc(C2NCCCO2)o1. The van der Waals surface area contributed by atoms with Crippen molar-refractivity contribution in [1.29, 1.82) is 0 Å². The molecule has 0 amide bonds. The highest BCUT2D eigenvalue weighted by Gasteiger charge is 2.17. The average molecular weight is 224 g/mol. The van der Waals surface area contributed by atoms with E-state index in [4.69, 9.17) is 20.8 Å². The molecule has 1 aliphatic heterocycles. The molecule has 3 nitrogen and oxygen atoms in total. The van der Waals surface area contributed by atoms with Crippen LogP contribution in [0.2, 0.25) is 5.22 Å². The molecular formula is C8H11Cl2NO2. The lowest BCUT2D eigenvalue weighted by Crippen LogP contribution is -2.30. The summed E-state index contributed by atoms with van der Waals surface area (Å²) in [5.74, 6) is 0.750. The van der Waals surface area contributed by atoms with Gasteiger partial charge in [0.15, 0.2) is 11.4 Å². The number of rotatable bonds is 1. The molecule has 0 aromatic carbocycles. The highest BCUT2D eigenvalue weighted by atomic mass is 35.5. The lowest BCUT2D eigenvalue weighted by Gasteiger charge is -2.21. The van der Waals surface area contributed by atoms with E-state index in [1.807, 2.05) is 6.07 Å². The lowest BCUT2D eigenvalue weighted by atomic mass is 10.3. The van der Waals surface area contributed by atoms with Crippen LogP contribution in [0.25, 0.3) is 0 Å². The van der Waals surface area contributed by atoms with Gasteiger partial charge in [-0.15, -0.1) is 12.4 Å². The minimum Gasteiger partial charge on any atom is -0.445 e. The quantitative estimate of drug-likeness (QED) is 0.795. The van der Waals surface area contributed by atoms with E-state index in [2.05, 4.69) is 5.32 Å². The summed E-state index contributed by atoms with van der Waals surface area (Å²) < 4.78 is 10.6. The summed E-state index contributed by atoms with van der Waals surface area (Å²) in [6.07, 6.45) is 0.927. The monoisotopic (exact) mass is 223 g/mol. The second-order valence-corrected chi connectivity index (χ2v) is 3.07. The molecule has 0 saturated carbocycles. The normalized spacial score (nSPS) is 22.4. The fraction of sp³-hybridized carbons (Fsp3) is 0.500. The van der Waals surface area contributed by atoms with Crippen molar-refractivity contribution >= 4 is 24.0 Å². The molecule has 0 aliphatic carbocycles. The van der Waals surface area contributed by atoms with Gasteiger partial charge in [0.2, 0.25) is 0 Å². The summed E-state index contributed by atoms with van der Waals surface area (Å²) in [7, 11) is 0. The van der Waals surface area contributed by atoms with Crippen LogP contribution in [0.15, 0.2) is 16.5 Å². The first kappa shape index (κ1) is 10.9. The minimum absolute atomic E-state index is 0. The molecule has 13 heavy (non-hydrogen) atoms. The van der Waals surface area contributed by atoms with Gasteiger partial charge in [-0.25, -0.2) is 0 Å². The van der Waals surface area contributed by atoms with Crippen LogP contribution >= 0.6 is 24.0 Å². The smallest absolute Gasteiger partial charge is 0.193 e. The summed E-state index contributed by atoms with van der Waals surface area (Å²) in [5.41, 5.74) is 0. The van der Waals surface area contributed by atoms with Gasteiger partial charge in [0.25, 0.3) is 0 Å².